The number of nitrogens with zero attached hydrogens (tertiary/aromatic N) is 1. The van der Waals surface area contributed by atoms with Gasteiger partial charge in [-0.2, -0.15) is 0 Å². The molecule has 2 aromatic carbocycles. The van der Waals surface area contributed by atoms with E-state index in [0.29, 0.717) is 26.1 Å². The molecule has 5 heteroatoms. The molecule has 1 saturated heterocycles. The molecule has 1 N–H and O–H groups in total. The second-order valence-electron chi connectivity index (χ2n) is 8.93. The van der Waals surface area contributed by atoms with Crippen LogP contribution in [0.5, 0.6) is 0 Å². The monoisotopic (exact) mass is 456 g/mol. The third kappa shape index (κ3) is 6.25. The van der Waals surface area contributed by atoms with Gasteiger partial charge in [0.1, 0.15) is 6.61 Å². The zero-order chi connectivity index (χ0) is 23.6. The Balaban J connectivity index is 1.36. The fourth-order valence-electron chi connectivity index (χ4n) is 4.61. The number of rotatable bonds is 7. The molecule has 2 amide bonds. The van der Waals surface area contributed by atoms with E-state index in [9.17, 15) is 9.59 Å². The molecule has 1 heterocycles. The summed E-state index contributed by atoms with van der Waals surface area (Å²) < 4.78 is 5.58. The van der Waals surface area contributed by atoms with E-state index in [1.165, 1.54) is 0 Å². The highest BCUT2D eigenvalue weighted by Crippen LogP contribution is 2.39. The second-order valence-corrected chi connectivity index (χ2v) is 8.93. The van der Waals surface area contributed by atoms with Crippen LogP contribution in [0.25, 0.3) is 0 Å². The Morgan fingerprint density at radius 3 is 2.38 bits per heavy atom. The molecule has 0 aromatic heterocycles. The van der Waals surface area contributed by atoms with Gasteiger partial charge in [-0.1, -0.05) is 91.0 Å². The molecule has 1 fully saturated rings. The molecule has 0 spiro atoms. The van der Waals surface area contributed by atoms with Crippen LogP contribution in [-0.4, -0.2) is 36.6 Å². The maximum atomic E-state index is 13.0. The summed E-state index contributed by atoms with van der Waals surface area (Å²) in [7, 11) is 0. The fraction of sp³-hybridized carbons (Fsp3) is 0.310. The maximum absolute atomic E-state index is 13.0. The SMILES string of the molecule is O=C(CC1(c2ccccc2)CCN(C(=O)OCC2=CCC=CC=C2)CC1)NCc1ccccc1. The first-order valence-corrected chi connectivity index (χ1v) is 11.9. The first-order valence-electron chi connectivity index (χ1n) is 11.9. The Labute approximate surface area is 201 Å². The number of amides is 2. The summed E-state index contributed by atoms with van der Waals surface area (Å²) in [6.45, 7) is 1.92. The van der Waals surface area contributed by atoms with E-state index in [1.54, 1.807) is 4.90 Å². The first-order chi connectivity index (χ1) is 16.6. The lowest BCUT2D eigenvalue weighted by Crippen LogP contribution is -2.47. The third-order valence-electron chi connectivity index (χ3n) is 6.63. The van der Waals surface area contributed by atoms with Crippen LogP contribution >= 0.6 is 0 Å². The van der Waals surface area contributed by atoms with Crippen molar-refractivity contribution in [3.8, 4) is 0 Å². The molecule has 2 aromatic rings. The first kappa shape index (κ1) is 23.6. The van der Waals surface area contributed by atoms with Gasteiger partial charge in [-0.05, 0) is 36.0 Å². The average Bonchev–Trinajstić information content (AvgIpc) is 3.17. The number of hydrogen-bond donors (Lipinski definition) is 1. The smallest absolute Gasteiger partial charge is 0.410 e. The summed E-state index contributed by atoms with van der Waals surface area (Å²) in [5, 5.41) is 3.07. The number of allylic oxidation sites excluding steroid dienone is 4. The molecule has 1 aliphatic carbocycles. The van der Waals surface area contributed by atoms with Crippen LogP contribution in [0.2, 0.25) is 0 Å². The quantitative estimate of drug-likeness (QED) is 0.615. The zero-order valence-corrected chi connectivity index (χ0v) is 19.5. The van der Waals surface area contributed by atoms with E-state index in [-0.39, 0.29) is 24.0 Å². The Morgan fingerprint density at radius 1 is 0.941 bits per heavy atom. The highest BCUT2D eigenvalue weighted by molar-refractivity contribution is 5.78. The fourth-order valence-corrected chi connectivity index (χ4v) is 4.61. The summed E-state index contributed by atoms with van der Waals surface area (Å²) in [4.78, 5) is 27.4. The van der Waals surface area contributed by atoms with Crippen LogP contribution in [0.3, 0.4) is 0 Å². The minimum absolute atomic E-state index is 0.0319. The van der Waals surface area contributed by atoms with Crippen LogP contribution in [-0.2, 0) is 21.5 Å². The van der Waals surface area contributed by atoms with Crippen LogP contribution < -0.4 is 5.32 Å². The maximum Gasteiger partial charge on any atom is 0.410 e. The summed E-state index contributed by atoms with van der Waals surface area (Å²) in [5.41, 5.74) is 2.94. The van der Waals surface area contributed by atoms with Crippen molar-refractivity contribution in [2.24, 2.45) is 0 Å². The molecule has 0 bridgehead atoms. The predicted octanol–water partition coefficient (Wildman–Crippen LogP) is 5.31. The van der Waals surface area contributed by atoms with Crippen molar-refractivity contribution in [2.45, 2.75) is 37.6 Å². The molecule has 5 nitrogen and oxygen atoms in total. The van der Waals surface area contributed by atoms with Crippen molar-refractivity contribution in [3.63, 3.8) is 0 Å². The number of carbonyl (C=O) groups excluding carboxylic acids is 2. The zero-order valence-electron chi connectivity index (χ0n) is 19.5. The van der Waals surface area contributed by atoms with Crippen molar-refractivity contribution in [1.29, 1.82) is 0 Å². The number of benzene rings is 2. The molecule has 4 rings (SSSR count). The van der Waals surface area contributed by atoms with Gasteiger partial charge in [0.15, 0.2) is 0 Å². The van der Waals surface area contributed by atoms with Crippen LogP contribution in [0.1, 0.15) is 36.8 Å². The third-order valence-corrected chi connectivity index (χ3v) is 6.63. The molecule has 0 unspecified atom stereocenters. The number of nitrogens with one attached hydrogen (secondary N) is 1. The van der Waals surface area contributed by atoms with Gasteiger partial charge >= 0.3 is 6.09 Å². The Morgan fingerprint density at radius 2 is 1.65 bits per heavy atom. The van der Waals surface area contributed by atoms with Crippen molar-refractivity contribution in [3.05, 3.63) is 108 Å². The van der Waals surface area contributed by atoms with Gasteiger partial charge in [-0.15, -0.1) is 0 Å². The highest BCUT2D eigenvalue weighted by Gasteiger charge is 2.39. The molecule has 176 valence electrons. The summed E-state index contributed by atoms with van der Waals surface area (Å²) >= 11 is 0. The standard InChI is InChI=1S/C29H32N2O3/c32-27(30-22-24-11-7-3-8-12-24)21-29(26-15-9-4-10-16-26)17-19-31(20-18-29)28(33)34-23-25-13-5-1-2-6-14-25/h1-5,7-16H,6,17-23H2,(H,30,32). The number of piperidine rings is 1. The van der Waals surface area contributed by atoms with E-state index >= 15 is 0 Å². The van der Waals surface area contributed by atoms with Crippen molar-refractivity contribution < 1.29 is 14.3 Å². The van der Waals surface area contributed by atoms with E-state index in [1.807, 2.05) is 66.8 Å². The van der Waals surface area contributed by atoms with Crippen LogP contribution in [0, 0.1) is 0 Å². The molecule has 0 atom stereocenters. The van der Waals surface area contributed by atoms with Crippen LogP contribution in [0.15, 0.2) is 96.6 Å². The minimum atomic E-state index is -0.295. The van der Waals surface area contributed by atoms with Gasteiger partial charge in [-0.3, -0.25) is 4.79 Å². The number of ether oxygens (including phenoxy) is 1. The lowest BCUT2D eigenvalue weighted by molar-refractivity contribution is -0.123. The topological polar surface area (TPSA) is 58.6 Å². The number of carbonyl (C=O) groups is 2. The highest BCUT2D eigenvalue weighted by atomic mass is 16.6. The molecule has 1 aliphatic heterocycles. The number of hydrogen-bond acceptors (Lipinski definition) is 3. The van der Waals surface area contributed by atoms with Gasteiger partial charge in [-0.25, -0.2) is 4.79 Å². The van der Waals surface area contributed by atoms with Gasteiger partial charge in [0.25, 0.3) is 0 Å². The predicted molar refractivity (Wildman–Crippen MR) is 134 cm³/mol. The van der Waals surface area contributed by atoms with Gasteiger partial charge < -0.3 is 15.0 Å². The van der Waals surface area contributed by atoms with Crippen molar-refractivity contribution in [1.82, 2.24) is 10.2 Å². The molecular weight excluding hydrogens is 424 g/mol. The van der Waals surface area contributed by atoms with E-state index in [4.69, 9.17) is 4.74 Å². The van der Waals surface area contributed by atoms with E-state index < -0.39 is 0 Å². The number of likely N-dealkylation sites (tertiary alicyclic amines) is 1. The largest absolute Gasteiger partial charge is 0.445 e. The molecule has 2 aliphatic rings. The summed E-state index contributed by atoms with van der Waals surface area (Å²) in [6.07, 6.45) is 12.5. The molecular formula is C29H32N2O3. The van der Waals surface area contributed by atoms with Gasteiger partial charge in [0.05, 0.1) is 0 Å². The van der Waals surface area contributed by atoms with Crippen molar-refractivity contribution in [2.75, 3.05) is 19.7 Å². The molecule has 0 saturated carbocycles. The molecule has 0 radical (unpaired) electrons. The minimum Gasteiger partial charge on any atom is -0.445 e. The lowest BCUT2D eigenvalue weighted by Gasteiger charge is -2.41. The van der Waals surface area contributed by atoms with Gasteiger partial charge in [0, 0.05) is 31.5 Å². The lowest BCUT2D eigenvalue weighted by atomic mass is 9.70. The summed E-state index contributed by atoms with van der Waals surface area (Å²) in [6, 6.07) is 20.1. The van der Waals surface area contributed by atoms with Crippen LogP contribution in [0.4, 0.5) is 4.79 Å². The van der Waals surface area contributed by atoms with E-state index in [2.05, 4.69) is 29.6 Å². The normalized spacial score (nSPS) is 16.9. The van der Waals surface area contributed by atoms with Gasteiger partial charge in [0.2, 0.25) is 5.91 Å². The second kappa shape index (κ2) is 11.5. The Bertz CT molecular complexity index is 1050. The van der Waals surface area contributed by atoms with E-state index in [0.717, 1.165) is 36.0 Å². The average molecular weight is 457 g/mol. The Kier molecular flexibility index (Phi) is 7.97. The Hall–Kier alpha value is -3.60. The molecule has 34 heavy (non-hydrogen) atoms. The summed E-state index contributed by atoms with van der Waals surface area (Å²) in [5.74, 6) is 0.0319. The van der Waals surface area contributed by atoms with Crippen molar-refractivity contribution >= 4 is 12.0 Å².